The number of aromatic nitrogens is 3. The zero-order valence-electron chi connectivity index (χ0n) is 14.5. The fourth-order valence-electron chi connectivity index (χ4n) is 3.62. The van der Waals surface area contributed by atoms with Crippen molar-refractivity contribution < 1.29 is 4.74 Å². The summed E-state index contributed by atoms with van der Waals surface area (Å²) in [6.07, 6.45) is 4.59. The number of methoxy groups -OCH3 is 1. The highest BCUT2D eigenvalue weighted by Gasteiger charge is 2.20. The van der Waals surface area contributed by atoms with Crippen LogP contribution in [-0.4, -0.2) is 28.2 Å². The molecule has 0 saturated heterocycles. The molecule has 1 aliphatic carbocycles. The van der Waals surface area contributed by atoms with Crippen LogP contribution in [0.15, 0.2) is 41.3 Å². The van der Waals surface area contributed by atoms with Gasteiger partial charge in [0.2, 0.25) is 5.88 Å². The second kappa shape index (κ2) is 7.43. The Balaban J connectivity index is 0.00000196. The predicted molar refractivity (Wildman–Crippen MR) is 104 cm³/mol. The number of pyridine rings is 1. The minimum absolute atomic E-state index is 0. The van der Waals surface area contributed by atoms with Crippen molar-refractivity contribution in [3.63, 3.8) is 0 Å². The number of hydrogen-bond acceptors (Lipinski definition) is 5. The number of ether oxygens (including phenoxy) is 1. The fourth-order valence-corrected chi connectivity index (χ4v) is 3.62. The van der Waals surface area contributed by atoms with Gasteiger partial charge >= 0.3 is 0 Å². The first-order chi connectivity index (χ1) is 12.2. The lowest BCUT2D eigenvalue weighted by atomic mass is 9.82. The molecule has 0 saturated carbocycles. The Hall–Kier alpha value is -2.44. The van der Waals surface area contributed by atoms with E-state index in [2.05, 4.69) is 22.1 Å². The summed E-state index contributed by atoms with van der Waals surface area (Å²) in [5.74, 6) is 0.858. The maximum absolute atomic E-state index is 12.5. The lowest BCUT2D eigenvalue weighted by Gasteiger charge is -2.25. The van der Waals surface area contributed by atoms with Crippen molar-refractivity contribution in [2.45, 2.75) is 25.2 Å². The van der Waals surface area contributed by atoms with E-state index in [4.69, 9.17) is 10.5 Å². The lowest BCUT2D eigenvalue weighted by Crippen LogP contribution is -2.21. The van der Waals surface area contributed by atoms with Crippen LogP contribution in [0.1, 0.15) is 29.9 Å². The van der Waals surface area contributed by atoms with Crippen LogP contribution in [0, 0.1) is 0 Å². The van der Waals surface area contributed by atoms with Gasteiger partial charge in [-0.15, -0.1) is 12.4 Å². The second-order valence-electron chi connectivity index (χ2n) is 6.34. The molecule has 0 amide bonds. The monoisotopic (exact) mass is 372 g/mol. The van der Waals surface area contributed by atoms with E-state index in [0.717, 1.165) is 24.9 Å². The van der Waals surface area contributed by atoms with Crippen molar-refractivity contribution in [3.8, 4) is 11.6 Å². The summed E-state index contributed by atoms with van der Waals surface area (Å²) in [5, 5.41) is 0. The first kappa shape index (κ1) is 18.4. The summed E-state index contributed by atoms with van der Waals surface area (Å²) in [6.45, 7) is 0.656. The van der Waals surface area contributed by atoms with Crippen molar-refractivity contribution >= 4 is 23.6 Å². The Morgan fingerprint density at radius 3 is 2.92 bits per heavy atom. The molecule has 3 aromatic rings. The van der Waals surface area contributed by atoms with Gasteiger partial charge in [-0.05, 0) is 61.1 Å². The average Bonchev–Trinajstić information content (AvgIpc) is 2.66. The molecule has 7 heteroatoms. The van der Waals surface area contributed by atoms with Crippen molar-refractivity contribution in [2.24, 2.45) is 5.73 Å². The molecule has 0 radical (unpaired) electrons. The molecule has 0 fully saturated rings. The maximum Gasteiger partial charge on any atom is 0.275 e. The summed E-state index contributed by atoms with van der Waals surface area (Å²) < 4.78 is 6.80. The molecule has 4 rings (SSSR count). The number of benzene rings is 1. The quantitative estimate of drug-likeness (QED) is 0.764. The molecule has 2 aromatic heterocycles. The van der Waals surface area contributed by atoms with E-state index >= 15 is 0 Å². The summed E-state index contributed by atoms with van der Waals surface area (Å²) in [4.78, 5) is 21.1. The van der Waals surface area contributed by atoms with Gasteiger partial charge in [0.1, 0.15) is 5.52 Å². The van der Waals surface area contributed by atoms with Crippen LogP contribution < -0.4 is 16.0 Å². The molecule has 0 spiro atoms. The standard InChI is InChI=1S/C19H20N4O2.ClH/c1-25-17-8-7-16-19(22-17)23(18(24)11-21-16)14-5-6-15-12(9-14)3-2-4-13(15)10-20;/h5-9,11,13H,2-4,10,20H2,1H3;1H. The Labute approximate surface area is 157 Å². The molecule has 0 bridgehead atoms. The number of aryl methyl sites for hydroxylation is 1. The van der Waals surface area contributed by atoms with Gasteiger partial charge in [-0.25, -0.2) is 4.98 Å². The SMILES string of the molecule is COc1ccc2ncc(=O)n(-c3ccc4c(c3)CCCC4CN)c2n1.Cl. The summed E-state index contributed by atoms with van der Waals surface area (Å²) in [5.41, 5.74) is 10.2. The highest BCUT2D eigenvalue weighted by Crippen LogP contribution is 2.32. The van der Waals surface area contributed by atoms with E-state index in [0.29, 0.717) is 29.5 Å². The average molecular weight is 373 g/mol. The molecule has 2 N–H and O–H groups in total. The van der Waals surface area contributed by atoms with Crippen LogP contribution in [0.5, 0.6) is 5.88 Å². The van der Waals surface area contributed by atoms with E-state index in [1.54, 1.807) is 23.8 Å². The first-order valence-corrected chi connectivity index (χ1v) is 8.47. The minimum Gasteiger partial charge on any atom is -0.481 e. The molecule has 1 aliphatic rings. The largest absolute Gasteiger partial charge is 0.481 e. The summed E-state index contributed by atoms with van der Waals surface area (Å²) in [6, 6.07) is 9.69. The van der Waals surface area contributed by atoms with Gasteiger partial charge in [0.05, 0.1) is 19.0 Å². The third-order valence-electron chi connectivity index (χ3n) is 4.89. The van der Waals surface area contributed by atoms with Crippen LogP contribution in [-0.2, 0) is 6.42 Å². The van der Waals surface area contributed by atoms with Crippen molar-refractivity contribution in [3.05, 3.63) is 58.0 Å². The molecule has 2 heterocycles. The zero-order chi connectivity index (χ0) is 17.4. The third kappa shape index (κ3) is 3.06. The van der Waals surface area contributed by atoms with Gasteiger partial charge in [-0.1, -0.05) is 6.07 Å². The zero-order valence-corrected chi connectivity index (χ0v) is 15.3. The predicted octanol–water partition coefficient (Wildman–Crippen LogP) is 2.59. The van der Waals surface area contributed by atoms with Gasteiger partial charge in [-0.3, -0.25) is 9.36 Å². The minimum atomic E-state index is -0.209. The molecular weight excluding hydrogens is 352 g/mol. The second-order valence-corrected chi connectivity index (χ2v) is 6.34. The first-order valence-electron chi connectivity index (χ1n) is 8.47. The summed E-state index contributed by atoms with van der Waals surface area (Å²) in [7, 11) is 1.55. The van der Waals surface area contributed by atoms with Gasteiger partial charge in [0.15, 0.2) is 5.65 Å². The van der Waals surface area contributed by atoms with Gasteiger partial charge in [-0.2, -0.15) is 4.98 Å². The van der Waals surface area contributed by atoms with Gasteiger partial charge in [0.25, 0.3) is 5.56 Å². The molecule has 1 aromatic carbocycles. The van der Waals surface area contributed by atoms with E-state index in [1.807, 2.05) is 6.07 Å². The molecule has 136 valence electrons. The van der Waals surface area contributed by atoms with Crippen LogP contribution in [0.4, 0.5) is 0 Å². The van der Waals surface area contributed by atoms with Crippen molar-refractivity contribution in [1.29, 1.82) is 0 Å². The highest BCUT2D eigenvalue weighted by molar-refractivity contribution is 5.85. The van der Waals surface area contributed by atoms with E-state index in [1.165, 1.54) is 17.3 Å². The van der Waals surface area contributed by atoms with Crippen molar-refractivity contribution in [2.75, 3.05) is 13.7 Å². The lowest BCUT2D eigenvalue weighted by molar-refractivity contribution is 0.399. The maximum atomic E-state index is 12.5. The van der Waals surface area contributed by atoms with Gasteiger partial charge < -0.3 is 10.5 Å². The van der Waals surface area contributed by atoms with Crippen LogP contribution >= 0.6 is 12.4 Å². The van der Waals surface area contributed by atoms with Gasteiger partial charge in [0, 0.05) is 6.07 Å². The molecular formula is C19H21ClN4O2. The Kier molecular flexibility index (Phi) is 5.25. The topological polar surface area (TPSA) is 83.0 Å². The molecule has 1 unspecified atom stereocenters. The summed E-state index contributed by atoms with van der Waals surface area (Å²) >= 11 is 0. The third-order valence-corrected chi connectivity index (χ3v) is 4.89. The molecule has 26 heavy (non-hydrogen) atoms. The number of rotatable bonds is 3. The number of nitrogens with zero attached hydrogens (tertiary/aromatic N) is 3. The van der Waals surface area contributed by atoms with Crippen LogP contribution in [0.2, 0.25) is 0 Å². The normalized spacial score (nSPS) is 16.0. The smallest absolute Gasteiger partial charge is 0.275 e. The van der Waals surface area contributed by atoms with E-state index in [-0.39, 0.29) is 18.0 Å². The Bertz CT molecular complexity index is 1000. The molecule has 0 aliphatic heterocycles. The Morgan fingerprint density at radius 1 is 1.31 bits per heavy atom. The molecule has 1 atom stereocenters. The van der Waals surface area contributed by atoms with Crippen molar-refractivity contribution in [1.82, 2.24) is 14.5 Å². The number of hydrogen-bond donors (Lipinski definition) is 1. The van der Waals surface area contributed by atoms with E-state index < -0.39 is 0 Å². The van der Waals surface area contributed by atoms with Crippen LogP contribution in [0.25, 0.3) is 16.9 Å². The Morgan fingerprint density at radius 2 is 2.15 bits per heavy atom. The number of nitrogens with two attached hydrogens (primary N) is 1. The molecule has 6 nitrogen and oxygen atoms in total. The van der Waals surface area contributed by atoms with E-state index in [9.17, 15) is 4.79 Å². The fraction of sp³-hybridized carbons (Fsp3) is 0.316. The number of fused-ring (bicyclic) bond motifs is 2. The van der Waals surface area contributed by atoms with Crippen LogP contribution in [0.3, 0.4) is 0 Å². The number of halogens is 1. The highest BCUT2D eigenvalue weighted by atomic mass is 35.5.